The van der Waals surface area contributed by atoms with Gasteiger partial charge in [0, 0.05) is 45.5 Å². The highest BCUT2D eigenvalue weighted by molar-refractivity contribution is 5.88. The van der Waals surface area contributed by atoms with Gasteiger partial charge in [-0.05, 0) is 12.1 Å². The first-order valence-corrected chi connectivity index (χ1v) is 6.22. The highest BCUT2D eigenvalue weighted by Crippen LogP contribution is 2.01. The van der Waals surface area contributed by atoms with E-state index in [0.717, 1.165) is 32.7 Å². The van der Waals surface area contributed by atoms with E-state index in [-0.39, 0.29) is 6.03 Å². The molecular formula is C12H19N5O. The van der Waals surface area contributed by atoms with Crippen LogP contribution in [0.2, 0.25) is 0 Å². The lowest BCUT2D eigenvalue weighted by Crippen LogP contribution is -2.46. The molecule has 1 fully saturated rings. The number of pyridine rings is 1. The van der Waals surface area contributed by atoms with Gasteiger partial charge in [0.15, 0.2) is 0 Å². The lowest BCUT2D eigenvalue weighted by Gasteiger charge is -2.27. The topological polar surface area (TPSA) is 69.3 Å². The number of hydrogen-bond donors (Lipinski definition) is 3. The molecule has 1 aromatic rings. The first-order chi connectivity index (χ1) is 8.84. The first kappa shape index (κ1) is 12.8. The van der Waals surface area contributed by atoms with Crippen molar-refractivity contribution in [2.24, 2.45) is 0 Å². The highest BCUT2D eigenvalue weighted by Gasteiger charge is 2.09. The molecule has 2 heterocycles. The number of carbonyl (C=O) groups excluding carboxylic acids is 1. The second-order valence-corrected chi connectivity index (χ2v) is 4.21. The van der Waals surface area contributed by atoms with Crippen molar-refractivity contribution < 1.29 is 4.79 Å². The van der Waals surface area contributed by atoms with Crippen molar-refractivity contribution in [2.45, 2.75) is 0 Å². The monoisotopic (exact) mass is 249 g/mol. The van der Waals surface area contributed by atoms with E-state index in [2.05, 4.69) is 25.8 Å². The van der Waals surface area contributed by atoms with Gasteiger partial charge in [-0.3, -0.25) is 9.88 Å². The molecule has 0 spiro atoms. The highest BCUT2D eigenvalue weighted by atomic mass is 16.2. The number of urea groups is 1. The summed E-state index contributed by atoms with van der Waals surface area (Å²) in [5.41, 5.74) is 0.706. The average molecular weight is 249 g/mol. The van der Waals surface area contributed by atoms with Crippen LogP contribution in [0.15, 0.2) is 24.5 Å². The minimum atomic E-state index is -0.182. The number of anilines is 1. The molecule has 1 aliphatic rings. The van der Waals surface area contributed by atoms with Gasteiger partial charge in [-0.25, -0.2) is 4.79 Å². The van der Waals surface area contributed by atoms with Crippen LogP contribution in [0, 0.1) is 0 Å². The van der Waals surface area contributed by atoms with E-state index in [1.807, 2.05) is 6.07 Å². The average Bonchev–Trinajstić information content (AvgIpc) is 2.41. The summed E-state index contributed by atoms with van der Waals surface area (Å²) in [4.78, 5) is 17.8. The molecule has 98 valence electrons. The number of piperazine rings is 1. The summed E-state index contributed by atoms with van der Waals surface area (Å²) in [6.45, 7) is 5.70. The van der Waals surface area contributed by atoms with Gasteiger partial charge in [-0.2, -0.15) is 0 Å². The Morgan fingerprint density at radius 3 is 3.00 bits per heavy atom. The summed E-state index contributed by atoms with van der Waals surface area (Å²) >= 11 is 0. The van der Waals surface area contributed by atoms with Crippen LogP contribution in [0.3, 0.4) is 0 Å². The Labute approximate surface area is 107 Å². The minimum absolute atomic E-state index is 0.182. The summed E-state index contributed by atoms with van der Waals surface area (Å²) in [6, 6.07) is 3.41. The number of rotatable bonds is 4. The molecule has 0 radical (unpaired) electrons. The van der Waals surface area contributed by atoms with Gasteiger partial charge >= 0.3 is 6.03 Å². The first-order valence-electron chi connectivity index (χ1n) is 6.22. The molecule has 0 bridgehead atoms. The fraction of sp³-hybridized carbons (Fsp3) is 0.500. The zero-order valence-electron chi connectivity index (χ0n) is 10.4. The number of nitrogens with zero attached hydrogens (tertiary/aromatic N) is 2. The van der Waals surface area contributed by atoms with Crippen molar-refractivity contribution in [2.75, 3.05) is 44.6 Å². The molecule has 0 atom stereocenters. The van der Waals surface area contributed by atoms with Gasteiger partial charge in [0.2, 0.25) is 0 Å². The number of aromatic nitrogens is 1. The summed E-state index contributed by atoms with van der Waals surface area (Å²) < 4.78 is 0. The molecule has 18 heavy (non-hydrogen) atoms. The number of hydrogen-bond acceptors (Lipinski definition) is 4. The second-order valence-electron chi connectivity index (χ2n) is 4.21. The van der Waals surface area contributed by atoms with Crippen molar-refractivity contribution in [1.29, 1.82) is 0 Å². The molecule has 2 amide bonds. The Morgan fingerprint density at radius 2 is 2.28 bits per heavy atom. The van der Waals surface area contributed by atoms with Crippen molar-refractivity contribution in [3.63, 3.8) is 0 Å². The Hall–Kier alpha value is -1.66. The van der Waals surface area contributed by atoms with Crippen molar-refractivity contribution in [1.82, 2.24) is 20.5 Å². The zero-order chi connectivity index (χ0) is 12.6. The predicted molar refractivity (Wildman–Crippen MR) is 70.6 cm³/mol. The van der Waals surface area contributed by atoms with Crippen LogP contribution in [0.4, 0.5) is 10.5 Å². The van der Waals surface area contributed by atoms with Crippen LogP contribution in [0.25, 0.3) is 0 Å². The molecule has 1 aliphatic heterocycles. The van der Waals surface area contributed by atoms with Crippen molar-refractivity contribution in [3.05, 3.63) is 24.5 Å². The van der Waals surface area contributed by atoms with Gasteiger partial charge in [-0.1, -0.05) is 0 Å². The van der Waals surface area contributed by atoms with Crippen LogP contribution in [0.1, 0.15) is 0 Å². The molecule has 0 saturated carbocycles. The van der Waals surface area contributed by atoms with Crippen LogP contribution in [0.5, 0.6) is 0 Å². The van der Waals surface area contributed by atoms with Crippen molar-refractivity contribution >= 4 is 11.7 Å². The molecule has 3 N–H and O–H groups in total. The van der Waals surface area contributed by atoms with Crippen LogP contribution < -0.4 is 16.0 Å². The largest absolute Gasteiger partial charge is 0.337 e. The number of carbonyl (C=O) groups is 1. The molecule has 6 heteroatoms. The standard InChI is InChI=1S/C12H19N5O/c18-12(16-11-2-1-3-14-10-11)15-6-9-17-7-4-13-5-8-17/h1-3,10,13H,4-9H2,(H2,15,16,18). The van der Waals surface area contributed by atoms with Gasteiger partial charge in [0.25, 0.3) is 0 Å². The fourth-order valence-electron chi connectivity index (χ4n) is 1.87. The quantitative estimate of drug-likeness (QED) is 0.708. The lowest BCUT2D eigenvalue weighted by molar-refractivity contribution is 0.233. The maximum Gasteiger partial charge on any atom is 0.319 e. The normalized spacial score (nSPS) is 16.2. The molecule has 0 aromatic carbocycles. The van der Waals surface area contributed by atoms with E-state index in [9.17, 15) is 4.79 Å². The summed E-state index contributed by atoms with van der Waals surface area (Å²) in [5, 5.41) is 8.87. The number of nitrogens with one attached hydrogen (secondary N) is 3. The van der Waals surface area contributed by atoms with Crippen molar-refractivity contribution in [3.8, 4) is 0 Å². The predicted octanol–water partition coefficient (Wildman–Crippen LogP) is 0.108. The van der Waals surface area contributed by atoms with E-state index in [1.165, 1.54) is 0 Å². The Kier molecular flexibility index (Phi) is 4.92. The SMILES string of the molecule is O=C(NCCN1CCNCC1)Nc1cccnc1. The molecular weight excluding hydrogens is 230 g/mol. The van der Waals surface area contributed by atoms with Crippen LogP contribution >= 0.6 is 0 Å². The molecule has 0 aliphatic carbocycles. The number of amides is 2. The van der Waals surface area contributed by atoms with Gasteiger partial charge in [0.1, 0.15) is 0 Å². The third-order valence-electron chi connectivity index (χ3n) is 2.84. The van der Waals surface area contributed by atoms with Gasteiger partial charge in [0.05, 0.1) is 11.9 Å². The van der Waals surface area contributed by atoms with Crippen LogP contribution in [-0.2, 0) is 0 Å². The van der Waals surface area contributed by atoms with E-state index in [0.29, 0.717) is 12.2 Å². The molecule has 0 unspecified atom stereocenters. The Bertz CT molecular complexity index is 364. The smallest absolute Gasteiger partial charge is 0.319 e. The zero-order valence-corrected chi connectivity index (χ0v) is 10.4. The Morgan fingerprint density at radius 1 is 1.44 bits per heavy atom. The summed E-state index contributed by atoms with van der Waals surface area (Å²) in [7, 11) is 0. The third kappa shape index (κ3) is 4.31. The molecule has 1 saturated heterocycles. The summed E-state index contributed by atoms with van der Waals surface area (Å²) in [6.07, 6.45) is 3.30. The molecule has 1 aromatic heterocycles. The Balaban J connectivity index is 1.62. The maximum atomic E-state index is 11.6. The molecule has 6 nitrogen and oxygen atoms in total. The van der Waals surface area contributed by atoms with E-state index < -0.39 is 0 Å². The minimum Gasteiger partial charge on any atom is -0.337 e. The van der Waals surface area contributed by atoms with E-state index in [4.69, 9.17) is 0 Å². The fourth-order valence-corrected chi connectivity index (χ4v) is 1.87. The van der Waals surface area contributed by atoms with Gasteiger partial charge in [-0.15, -0.1) is 0 Å². The lowest BCUT2D eigenvalue weighted by atomic mass is 10.3. The third-order valence-corrected chi connectivity index (χ3v) is 2.84. The summed E-state index contributed by atoms with van der Waals surface area (Å²) in [5.74, 6) is 0. The second kappa shape index (κ2) is 6.93. The van der Waals surface area contributed by atoms with E-state index >= 15 is 0 Å². The van der Waals surface area contributed by atoms with Crippen LogP contribution in [-0.4, -0.2) is 55.2 Å². The van der Waals surface area contributed by atoms with Gasteiger partial charge < -0.3 is 16.0 Å². The molecule has 2 rings (SSSR count). The van der Waals surface area contributed by atoms with E-state index in [1.54, 1.807) is 18.5 Å². The maximum absolute atomic E-state index is 11.6.